The number of ketones is 1. The van der Waals surface area contributed by atoms with E-state index in [1.54, 1.807) is 0 Å². The van der Waals surface area contributed by atoms with Crippen molar-refractivity contribution in [3.8, 4) is 0 Å². The van der Waals surface area contributed by atoms with Gasteiger partial charge in [-0.15, -0.1) is 5.23 Å². The highest BCUT2D eigenvalue weighted by molar-refractivity contribution is 6.32. The normalized spacial score (nSPS) is 10.8. The fraction of sp³-hybridized carbons (Fsp3) is 0.0588. The van der Waals surface area contributed by atoms with Crippen molar-refractivity contribution in [2.45, 2.75) is 6.92 Å². The Labute approximate surface area is 162 Å². The van der Waals surface area contributed by atoms with Gasteiger partial charge in [0, 0.05) is 16.4 Å². The zero-order chi connectivity index (χ0) is 20.6. The first-order chi connectivity index (χ1) is 13.2. The summed E-state index contributed by atoms with van der Waals surface area (Å²) in [6, 6.07) is 7.82. The summed E-state index contributed by atoms with van der Waals surface area (Å²) in [5.41, 5.74) is -0.825. The zero-order valence-corrected chi connectivity index (χ0v) is 15.0. The number of anilines is 4. The maximum Gasteiger partial charge on any atom is 0.202 e. The Balaban J connectivity index is 2.21. The number of fused-ring (bicyclic) bond motifs is 1. The van der Waals surface area contributed by atoms with E-state index in [4.69, 9.17) is 11.6 Å². The van der Waals surface area contributed by atoms with Crippen molar-refractivity contribution in [1.82, 2.24) is 4.98 Å². The Hall–Kier alpha value is -3.15. The number of hydrogen-bond acceptors (Lipinski definition) is 9. The molecule has 1 heterocycles. The molecule has 10 nitrogen and oxygen atoms in total. The minimum absolute atomic E-state index is 0.00993. The minimum atomic E-state index is -0.670. The van der Waals surface area contributed by atoms with Gasteiger partial charge in [-0.3, -0.25) is 20.0 Å². The van der Waals surface area contributed by atoms with Gasteiger partial charge >= 0.3 is 0 Å². The fourth-order valence-corrected chi connectivity index (χ4v) is 2.95. The predicted octanol–water partition coefficient (Wildman–Crippen LogP) is 3.51. The van der Waals surface area contributed by atoms with Gasteiger partial charge in [-0.05, 0) is 43.3 Å². The molecule has 0 saturated heterocycles. The third-order valence-corrected chi connectivity index (χ3v) is 4.19. The number of aromatic nitrogens is 1. The molecule has 3 rings (SSSR count). The first kappa shape index (κ1) is 19.6. The molecule has 0 atom stereocenters. The highest BCUT2D eigenvalue weighted by atomic mass is 35.5. The molecule has 0 unspecified atom stereocenters. The van der Waals surface area contributed by atoms with Gasteiger partial charge < -0.3 is 25.9 Å². The molecule has 146 valence electrons. The smallest absolute Gasteiger partial charge is 0.202 e. The molecule has 0 fully saturated rings. The molecule has 0 spiro atoms. The highest BCUT2D eigenvalue weighted by Crippen LogP contribution is 2.30. The first-order valence-electron chi connectivity index (χ1n) is 7.79. The van der Waals surface area contributed by atoms with Crippen LogP contribution in [0.2, 0.25) is 5.02 Å². The Bertz CT molecular complexity index is 1110. The number of carbonyl (C=O) groups excluding carboxylic acids is 1. The van der Waals surface area contributed by atoms with E-state index in [1.807, 2.05) is 0 Å². The van der Waals surface area contributed by atoms with Gasteiger partial charge in [0.05, 0.1) is 10.9 Å². The van der Waals surface area contributed by atoms with Gasteiger partial charge in [0.2, 0.25) is 5.43 Å². The number of Topliss-reactive ketones (excluding diaryl/α,β-unsaturated/α-hetero) is 1. The van der Waals surface area contributed by atoms with Crippen LogP contribution in [0.5, 0.6) is 0 Å². The van der Waals surface area contributed by atoms with Gasteiger partial charge in [-0.25, -0.2) is 0 Å². The van der Waals surface area contributed by atoms with E-state index >= 15 is 0 Å². The van der Waals surface area contributed by atoms with Crippen LogP contribution < -0.4 is 21.2 Å². The molecule has 11 heteroatoms. The summed E-state index contributed by atoms with van der Waals surface area (Å²) >= 11 is 5.92. The molecule has 4 N–H and O–H groups in total. The molecular weight excluding hydrogens is 392 g/mol. The summed E-state index contributed by atoms with van der Waals surface area (Å²) in [7, 11) is 0. The van der Waals surface area contributed by atoms with E-state index in [2.05, 4.69) is 10.3 Å². The summed E-state index contributed by atoms with van der Waals surface area (Å²) in [5, 5.41) is 42.5. The predicted molar refractivity (Wildman–Crippen MR) is 105 cm³/mol. The standard InChI is InChI=1S/C17H13ClN4O6/c1-8(23)14-16(24)12-6-9(18)7-13(22(27)28)15(12)20-17(14)19-10-2-4-11(5-3-10)21(25)26/h2-7,27-28H,1H3,(H2,19,20,24)/q-2. The molecule has 0 aliphatic rings. The number of carbonyl (C=O) groups is 1. The molecule has 1 aromatic heterocycles. The Kier molecular flexibility index (Phi) is 5.23. The number of benzene rings is 2. The lowest BCUT2D eigenvalue weighted by Crippen LogP contribution is -2.20. The number of halogens is 1. The number of nitrogens with one attached hydrogen (secondary N) is 2. The summed E-state index contributed by atoms with van der Waals surface area (Å²) in [6.07, 6.45) is 0. The lowest BCUT2D eigenvalue weighted by atomic mass is 10.1. The summed E-state index contributed by atoms with van der Waals surface area (Å²) in [6.45, 7) is 1.20. The van der Waals surface area contributed by atoms with Gasteiger partial charge in [0.1, 0.15) is 17.1 Å². The maximum atomic E-state index is 12.8. The Morgan fingerprint density at radius 3 is 2.36 bits per heavy atom. The van der Waals surface area contributed by atoms with Crippen LogP contribution in [0.1, 0.15) is 17.3 Å². The zero-order valence-electron chi connectivity index (χ0n) is 14.3. The van der Waals surface area contributed by atoms with Gasteiger partial charge in [-0.1, -0.05) is 11.6 Å². The van der Waals surface area contributed by atoms with Gasteiger partial charge in [-0.2, -0.15) is 0 Å². The van der Waals surface area contributed by atoms with Crippen molar-refractivity contribution < 1.29 is 15.2 Å². The second kappa shape index (κ2) is 7.46. The van der Waals surface area contributed by atoms with E-state index in [0.717, 1.165) is 0 Å². The van der Waals surface area contributed by atoms with Crippen LogP contribution >= 0.6 is 11.6 Å². The largest absolute Gasteiger partial charge is 0.769 e. The first-order valence-corrected chi connectivity index (χ1v) is 8.16. The van der Waals surface area contributed by atoms with Crippen molar-refractivity contribution >= 4 is 51.2 Å². The molecule has 3 aromatic rings. The van der Waals surface area contributed by atoms with Crippen molar-refractivity contribution in [1.29, 1.82) is 0 Å². The SMILES string of the molecule is CC(=O)c1c(Nc2ccc(N([O-])[O-])cc2)[nH]c2c(N(O)O)cc(Cl)cc2c1=O. The molecular formula is C17H13ClN4O6-2. The number of nitrogens with zero attached hydrogens (tertiary/aromatic N) is 2. The Morgan fingerprint density at radius 2 is 1.82 bits per heavy atom. The number of H-pyrrole nitrogens is 1. The van der Waals surface area contributed by atoms with Crippen molar-refractivity contribution in [2.75, 3.05) is 15.8 Å². The second-order valence-electron chi connectivity index (χ2n) is 5.83. The topological polar surface area (TPSA) is 155 Å². The molecule has 28 heavy (non-hydrogen) atoms. The van der Waals surface area contributed by atoms with Crippen LogP contribution in [0.25, 0.3) is 10.9 Å². The third kappa shape index (κ3) is 3.63. The van der Waals surface area contributed by atoms with Crippen molar-refractivity contribution in [2.24, 2.45) is 0 Å². The van der Waals surface area contributed by atoms with Crippen LogP contribution in [-0.2, 0) is 0 Å². The van der Waals surface area contributed by atoms with Crippen LogP contribution in [0, 0.1) is 10.4 Å². The van der Waals surface area contributed by atoms with Crippen molar-refractivity contribution in [3.63, 3.8) is 0 Å². The highest BCUT2D eigenvalue weighted by Gasteiger charge is 2.20. The number of pyridine rings is 1. The average molecular weight is 405 g/mol. The van der Waals surface area contributed by atoms with Gasteiger partial charge in [0.25, 0.3) is 0 Å². The summed E-state index contributed by atoms with van der Waals surface area (Å²) in [4.78, 5) is 27.7. The molecule has 2 aromatic carbocycles. The lowest BCUT2D eigenvalue weighted by molar-refractivity contribution is 0.0299. The van der Waals surface area contributed by atoms with Crippen LogP contribution in [-0.4, -0.2) is 21.2 Å². The fourth-order valence-electron chi connectivity index (χ4n) is 2.74. The third-order valence-electron chi connectivity index (χ3n) is 3.97. The molecule has 0 aliphatic heterocycles. The van der Waals surface area contributed by atoms with Crippen LogP contribution in [0.15, 0.2) is 41.2 Å². The van der Waals surface area contributed by atoms with E-state index < -0.39 is 16.4 Å². The Morgan fingerprint density at radius 1 is 1.18 bits per heavy atom. The van der Waals surface area contributed by atoms with E-state index in [0.29, 0.717) is 5.69 Å². The second-order valence-corrected chi connectivity index (χ2v) is 6.26. The molecule has 0 radical (unpaired) electrons. The molecule has 0 amide bonds. The molecule has 0 aliphatic carbocycles. The van der Waals surface area contributed by atoms with Crippen molar-refractivity contribution in [3.05, 3.63) is 67.6 Å². The molecule has 0 bridgehead atoms. The number of rotatable bonds is 5. The van der Waals surface area contributed by atoms with Crippen LogP contribution in [0.4, 0.5) is 22.9 Å². The van der Waals surface area contributed by atoms with E-state index in [-0.39, 0.29) is 43.9 Å². The summed E-state index contributed by atoms with van der Waals surface area (Å²) in [5.74, 6) is -0.553. The number of aromatic amines is 1. The average Bonchev–Trinajstić information content (AvgIpc) is 2.62. The maximum absolute atomic E-state index is 12.8. The van der Waals surface area contributed by atoms with E-state index in [9.17, 15) is 30.4 Å². The van der Waals surface area contributed by atoms with Crippen LogP contribution in [0.3, 0.4) is 0 Å². The summed E-state index contributed by atoms with van der Waals surface area (Å²) < 4.78 is 0. The lowest BCUT2D eigenvalue weighted by Gasteiger charge is -2.37. The minimum Gasteiger partial charge on any atom is -0.769 e. The quantitative estimate of drug-likeness (QED) is 0.369. The monoisotopic (exact) mass is 404 g/mol. The van der Waals surface area contributed by atoms with Gasteiger partial charge in [0.15, 0.2) is 5.78 Å². The number of hydrogen-bond donors (Lipinski definition) is 4. The van der Waals surface area contributed by atoms with E-state index in [1.165, 1.54) is 43.3 Å². The molecule has 0 saturated carbocycles.